The van der Waals surface area contributed by atoms with Crippen molar-refractivity contribution in [1.82, 2.24) is 14.5 Å². The Balaban J connectivity index is 1.07. The molecule has 0 N–H and O–H groups in total. The van der Waals surface area contributed by atoms with Crippen LogP contribution >= 0.6 is 11.3 Å². The van der Waals surface area contributed by atoms with Crippen LogP contribution in [-0.2, 0) is 0 Å². The van der Waals surface area contributed by atoms with Crippen LogP contribution in [0.3, 0.4) is 0 Å². The normalized spacial score (nSPS) is 12.2. The van der Waals surface area contributed by atoms with E-state index in [4.69, 9.17) is 14.4 Å². The molecule has 0 fully saturated rings. The van der Waals surface area contributed by atoms with E-state index in [1.54, 1.807) is 11.3 Å². The van der Waals surface area contributed by atoms with Crippen molar-refractivity contribution in [3.63, 3.8) is 0 Å². The molecule has 0 amide bonds. The molecule has 0 bridgehead atoms. The summed E-state index contributed by atoms with van der Waals surface area (Å²) < 4.78 is 10.4. The first-order valence-corrected chi connectivity index (χ1v) is 18.6. The monoisotopic (exact) mass is 693 g/mol. The Morgan fingerprint density at radius 3 is 1.79 bits per heavy atom. The smallest absolute Gasteiger partial charge is 0.161 e. The third-order valence-electron chi connectivity index (χ3n) is 10.8. The van der Waals surface area contributed by atoms with Gasteiger partial charge in [-0.15, -0.1) is 11.3 Å². The second kappa shape index (κ2) is 10.8. The maximum absolute atomic E-state index is 6.74. The Morgan fingerprint density at radius 1 is 0.453 bits per heavy atom. The lowest BCUT2D eigenvalue weighted by Crippen LogP contribution is -1.95. The minimum absolute atomic E-state index is 0.690. The van der Waals surface area contributed by atoms with E-state index >= 15 is 0 Å². The quantitative estimate of drug-likeness (QED) is 0.185. The molecule has 0 aliphatic heterocycles. The summed E-state index contributed by atoms with van der Waals surface area (Å²) >= 11 is 1.71. The van der Waals surface area contributed by atoms with Crippen LogP contribution in [0.15, 0.2) is 168 Å². The Kier molecular flexibility index (Phi) is 5.90. The molecule has 0 aliphatic rings. The molecule has 8 aromatic carbocycles. The second-order valence-electron chi connectivity index (χ2n) is 13.7. The lowest BCUT2D eigenvalue weighted by atomic mass is 10.0. The van der Waals surface area contributed by atoms with Crippen LogP contribution in [0.4, 0.5) is 0 Å². The highest BCUT2D eigenvalue weighted by Gasteiger charge is 2.20. The molecule has 12 aromatic rings. The highest BCUT2D eigenvalue weighted by molar-refractivity contribution is 7.25. The van der Waals surface area contributed by atoms with Crippen LogP contribution < -0.4 is 0 Å². The van der Waals surface area contributed by atoms with E-state index < -0.39 is 0 Å². The molecule has 0 spiro atoms. The molecule has 0 unspecified atom stereocenters. The fourth-order valence-electron chi connectivity index (χ4n) is 8.40. The molecule has 0 aliphatic carbocycles. The van der Waals surface area contributed by atoms with Crippen LogP contribution in [0.25, 0.3) is 114 Å². The van der Waals surface area contributed by atoms with Gasteiger partial charge in [0.25, 0.3) is 0 Å². The topological polar surface area (TPSA) is 43.9 Å². The summed E-state index contributed by atoms with van der Waals surface area (Å²) in [4.78, 5) is 11.4. The van der Waals surface area contributed by atoms with E-state index in [2.05, 4.69) is 162 Å². The summed E-state index contributed by atoms with van der Waals surface area (Å²) in [6.07, 6.45) is 0. The van der Waals surface area contributed by atoms with Gasteiger partial charge in [-0.1, -0.05) is 127 Å². The maximum Gasteiger partial charge on any atom is 0.161 e. The third-order valence-corrected chi connectivity index (χ3v) is 11.9. The highest BCUT2D eigenvalue weighted by atomic mass is 32.1. The van der Waals surface area contributed by atoms with Gasteiger partial charge in [-0.2, -0.15) is 0 Å². The highest BCUT2D eigenvalue weighted by Crippen LogP contribution is 2.43. The minimum atomic E-state index is 0.690. The minimum Gasteiger partial charge on any atom is -0.456 e. The van der Waals surface area contributed by atoms with Gasteiger partial charge >= 0.3 is 0 Å². The first-order valence-electron chi connectivity index (χ1n) is 17.8. The predicted molar refractivity (Wildman–Crippen MR) is 222 cm³/mol. The van der Waals surface area contributed by atoms with Gasteiger partial charge in [0, 0.05) is 70.7 Å². The van der Waals surface area contributed by atoms with Crippen LogP contribution in [0, 0.1) is 0 Å². The van der Waals surface area contributed by atoms with Gasteiger partial charge in [-0.05, 0) is 41.1 Å². The number of hydrogen-bond acceptors (Lipinski definition) is 4. The number of fused-ring (bicyclic) bond motifs is 13. The van der Waals surface area contributed by atoms with Crippen molar-refractivity contribution in [3.8, 4) is 28.3 Å². The molecule has 12 rings (SSSR count). The average molecular weight is 694 g/mol. The molecule has 53 heavy (non-hydrogen) atoms. The molecule has 246 valence electrons. The van der Waals surface area contributed by atoms with Gasteiger partial charge in [0.2, 0.25) is 0 Å². The van der Waals surface area contributed by atoms with Crippen molar-refractivity contribution < 1.29 is 4.42 Å². The number of hydrogen-bond donors (Lipinski definition) is 0. The van der Waals surface area contributed by atoms with Crippen molar-refractivity contribution in [1.29, 1.82) is 0 Å². The molecule has 0 saturated heterocycles. The van der Waals surface area contributed by atoms with Gasteiger partial charge in [0.05, 0.1) is 16.7 Å². The number of thiophene rings is 1. The Bertz CT molecular complexity index is 3370. The van der Waals surface area contributed by atoms with E-state index in [1.165, 1.54) is 53.4 Å². The van der Waals surface area contributed by atoms with E-state index in [0.717, 1.165) is 54.7 Å². The molecule has 0 radical (unpaired) electrons. The predicted octanol–water partition coefficient (Wildman–Crippen LogP) is 13.5. The molecule has 4 aromatic heterocycles. The summed E-state index contributed by atoms with van der Waals surface area (Å²) in [7, 11) is 0. The van der Waals surface area contributed by atoms with Gasteiger partial charge < -0.3 is 8.98 Å². The van der Waals surface area contributed by atoms with Crippen LogP contribution in [0.5, 0.6) is 0 Å². The number of furan rings is 1. The number of rotatable bonds is 3. The fourth-order valence-corrected chi connectivity index (χ4v) is 9.47. The third kappa shape index (κ3) is 4.17. The van der Waals surface area contributed by atoms with Crippen LogP contribution in [-0.4, -0.2) is 14.5 Å². The Morgan fingerprint density at radius 2 is 1.06 bits per heavy atom. The summed E-state index contributed by atoms with van der Waals surface area (Å²) in [6, 6.07) is 58.3. The Hall–Kier alpha value is -6.82. The van der Waals surface area contributed by atoms with Crippen molar-refractivity contribution in [2.45, 2.75) is 0 Å². The maximum atomic E-state index is 6.74. The van der Waals surface area contributed by atoms with Crippen molar-refractivity contribution in [2.24, 2.45) is 0 Å². The largest absolute Gasteiger partial charge is 0.456 e. The van der Waals surface area contributed by atoms with Crippen molar-refractivity contribution in [3.05, 3.63) is 164 Å². The summed E-state index contributed by atoms with van der Waals surface area (Å²) in [5, 5.41) is 11.8. The fraction of sp³-hybridized carbons (Fsp3) is 0. The lowest BCUT2D eigenvalue weighted by Gasteiger charge is -2.11. The Labute approximate surface area is 306 Å². The summed E-state index contributed by atoms with van der Waals surface area (Å²) in [6.45, 7) is 0. The van der Waals surface area contributed by atoms with E-state index in [1.807, 2.05) is 6.07 Å². The lowest BCUT2D eigenvalue weighted by molar-refractivity contribution is 0.669. The zero-order valence-corrected chi connectivity index (χ0v) is 29.1. The first-order chi connectivity index (χ1) is 26.3. The zero-order valence-electron chi connectivity index (χ0n) is 28.2. The number of aromatic nitrogens is 3. The molecule has 5 heteroatoms. The molecule has 4 heterocycles. The van der Waals surface area contributed by atoms with Gasteiger partial charge in [-0.3, -0.25) is 0 Å². The SMILES string of the molecule is c1ccc(-c2nc(-c3ccc4c(c3)oc3cc(-n5c6c7ccccc7ccc6c6ccc7ccccc7c65)ccc34)nc3sc4ccccc4c23)cc1. The summed E-state index contributed by atoms with van der Waals surface area (Å²) in [5.41, 5.74) is 8.08. The standard InChI is InChI=1S/C48H27N3OS/c1-2-12-30(13-3-1)44-43-39-16-8-9-17-42(39)53-48(43)50-47(49-44)31-20-22-35-36-25-21-32(27-41(36)52-40(35)26-31)51-45-33-14-6-4-10-28(33)18-23-37(45)38-24-19-29-11-5-7-15-34(29)46(38)51/h1-27H. The average Bonchev–Trinajstić information content (AvgIpc) is 3.90. The molecule has 4 nitrogen and oxygen atoms in total. The van der Waals surface area contributed by atoms with Gasteiger partial charge in [0.1, 0.15) is 16.0 Å². The van der Waals surface area contributed by atoms with Crippen molar-refractivity contribution in [2.75, 3.05) is 0 Å². The van der Waals surface area contributed by atoms with E-state index in [9.17, 15) is 0 Å². The molecular formula is C48H27N3OS. The number of nitrogens with zero attached hydrogens (tertiary/aromatic N) is 3. The first kappa shape index (κ1) is 28.8. The summed E-state index contributed by atoms with van der Waals surface area (Å²) in [5.74, 6) is 0.690. The zero-order chi connectivity index (χ0) is 34.6. The molecule has 0 saturated carbocycles. The van der Waals surface area contributed by atoms with E-state index in [-0.39, 0.29) is 0 Å². The van der Waals surface area contributed by atoms with Gasteiger partial charge in [0.15, 0.2) is 5.82 Å². The second-order valence-corrected chi connectivity index (χ2v) is 14.8. The van der Waals surface area contributed by atoms with E-state index in [0.29, 0.717) is 5.82 Å². The molecule has 0 atom stereocenters. The van der Waals surface area contributed by atoms with Crippen LogP contribution in [0.1, 0.15) is 0 Å². The number of benzene rings is 8. The van der Waals surface area contributed by atoms with Gasteiger partial charge in [-0.25, -0.2) is 9.97 Å². The van der Waals surface area contributed by atoms with Crippen molar-refractivity contribution >= 4 is 96.9 Å². The van der Waals surface area contributed by atoms with Crippen LogP contribution in [0.2, 0.25) is 0 Å². The molecular weight excluding hydrogens is 667 g/mol.